The van der Waals surface area contributed by atoms with Gasteiger partial charge in [0.1, 0.15) is 0 Å². The zero-order valence-corrected chi connectivity index (χ0v) is 7.49. The number of phenolic OH excluding ortho intramolecular Hbond substituents is 2. The third-order valence-electron chi connectivity index (χ3n) is 1.85. The standard InChI is InChI=1S/C9H9F3O3/c10-9(11,12)8(15)4-5-1-2-6(13)7(14)3-5/h1-3,8,13-15H,4H2. The van der Waals surface area contributed by atoms with Crippen LogP contribution >= 0.6 is 0 Å². The lowest BCUT2D eigenvalue weighted by molar-refractivity contribution is -0.203. The minimum atomic E-state index is -4.69. The van der Waals surface area contributed by atoms with E-state index in [0.717, 1.165) is 12.1 Å². The lowest BCUT2D eigenvalue weighted by atomic mass is 10.1. The van der Waals surface area contributed by atoms with E-state index in [2.05, 4.69) is 0 Å². The zero-order chi connectivity index (χ0) is 11.6. The van der Waals surface area contributed by atoms with Gasteiger partial charge in [0, 0.05) is 6.42 Å². The van der Waals surface area contributed by atoms with Crippen molar-refractivity contribution in [3.63, 3.8) is 0 Å². The van der Waals surface area contributed by atoms with E-state index in [1.165, 1.54) is 6.07 Å². The average molecular weight is 222 g/mol. The summed E-state index contributed by atoms with van der Waals surface area (Å²) < 4.78 is 35.9. The van der Waals surface area contributed by atoms with Crippen LogP contribution < -0.4 is 0 Å². The molecule has 3 nitrogen and oxygen atoms in total. The van der Waals surface area contributed by atoms with E-state index >= 15 is 0 Å². The van der Waals surface area contributed by atoms with E-state index in [-0.39, 0.29) is 5.56 Å². The van der Waals surface area contributed by atoms with Gasteiger partial charge in [-0.25, -0.2) is 0 Å². The van der Waals surface area contributed by atoms with Gasteiger partial charge in [0.05, 0.1) is 0 Å². The van der Waals surface area contributed by atoms with Crippen molar-refractivity contribution in [2.24, 2.45) is 0 Å². The van der Waals surface area contributed by atoms with Gasteiger partial charge in [-0.2, -0.15) is 13.2 Å². The summed E-state index contributed by atoms with van der Waals surface area (Å²) in [6, 6.07) is 3.24. The molecule has 1 rings (SSSR count). The smallest absolute Gasteiger partial charge is 0.414 e. The summed E-state index contributed by atoms with van der Waals surface area (Å²) in [5.74, 6) is -0.929. The van der Waals surface area contributed by atoms with Crippen LogP contribution in [0.15, 0.2) is 18.2 Å². The monoisotopic (exact) mass is 222 g/mol. The largest absolute Gasteiger partial charge is 0.504 e. The molecule has 1 aromatic carbocycles. The van der Waals surface area contributed by atoms with E-state index < -0.39 is 30.2 Å². The number of aliphatic hydroxyl groups is 1. The Labute approximate surface area is 83.4 Å². The van der Waals surface area contributed by atoms with Crippen LogP contribution in [0.25, 0.3) is 0 Å². The number of hydrogen-bond acceptors (Lipinski definition) is 3. The summed E-state index contributed by atoms with van der Waals surface area (Å²) in [5, 5.41) is 26.6. The second-order valence-corrected chi connectivity index (χ2v) is 3.08. The first-order valence-electron chi connectivity index (χ1n) is 4.06. The van der Waals surface area contributed by atoms with E-state index in [4.69, 9.17) is 15.3 Å². The highest BCUT2D eigenvalue weighted by atomic mass is 19.4. The van der Waals surface area contributed by atoms with Gasteiger partial charge in [0.25, 0.3) is 0 Å². The molecular formula is C9H9F3O3. The lowest BCUT2D eigenvalue weighted by Gasteiger charge is -2.14. The highest BCUT2D eigenvalue weighted by Crippen LogP contribution is 2.28. The van der Waals surface area contributed by atoms with E-state index in [1.807, 2.05) is 0 Å². The highest BCUT2D eigenvalue weighted by molar-refractivity contribution is 5.40. The minimum Gasteiger partial charge on any atom is -0.504 e. The van der Waals surface area contributed by atoms with Gasteiger partial charge >= 0.3 is 6.18 Å². The Balaban J connectivity index is 2.78. The first kappa shape index (κ1) is 11.6. The molecule has 0 amide bonds. The van der Waals surface area contributed by atoms with Crippen molar-refractivity contribution in [3.8, 4) is 11.5 Å². The van der Waals surface area contributed by atoms with Crippen LogP contribution in [0.1, 0.15) is 5.56 Å². The van der Waals surface area contributed by atoms with E-state index in [1.54, 1.807) is 0 Å². The molecule has 0 saturated carbocycles. The Kier molecular flexibility index (Phi) is 3.09. The molecule has 3 N–H and O–H groups in total. The number of aliphatic hydroxyl groups excluding tert-OH is 1. The molecule has 0 spiro atoms. The van der Waals surface area contributed by atoms with Gasteiger partial charge < -0.3 is 15.3 Å². The Morgan fingerprint density at radius 1 is 1.13 bits per heavy atom. The molecule has 0 heterocycles. The summed E-state index contributed by atoms with van der Waals surface area (Å²) in [6.07, 6.45) is -7.81. The van der Waals surface area contributed by atoms with Gasteiger partial charge in [-0.05, 0) is 17.7 Å². The van der Waals surface area contributed by atoms with E-state index in [0.29, 0.717) is 0 Å². The molecule has 0 aromatic heterocycles. The molecule has 0 radical (unpaired) electrons. The lowest BCUT2D eigenvalue weighted by Crippen LogP contribution is -2.30. The molecule has 6 heteroatoms. The van der Waals surface area contributed by atoms with Crippen LogP contribution in [-0.4, -0.2) is 27.6 Å². The second-order valence-electron chi connectivity index (χ2n) is 3.08. The number of rotatable bonds is 2. The fraction of sp³-hybridized carbons (Fsp3) is 0.333. The SMILES string of the molecule is Oc1ccc(CC(O)C(F)(F)F)cc1O. The molecule has 0 bridgehead atoms. The minimum absolute atomic E-state index is 0.0927. The molecular weight excluding hydrogens is 213 g/mol. The first-order valence-corrected chi connectivity index (χ1v) is 4.06. The molecule has 1 unspecified atom stereocenters. The molecule has 0 aliphatic rings. The molecule has 0 aliphatic carbocycles. The van der Waals surface area contributed by atoms with Crippen LogP contribution in [0.3, 0.4) is 0 Å². The Morgan fingerprint density at radius 2 is 1.73 bits per heavy atom. The molecule has 1 aromatic rings. The van der Waals surface area contributed by atoms with Gasteiger partial charge in [-0.15, -0.1) is 0 Å². The maximum absolute atomic E-state index is 12.0. The third-order valence-corrected chi connectivity index (χ3v) is 1.85. The van der Waals surface area contributed by atoms with Crippen molar-refractivity contribution in [3.05, 3.63) is 23.8 Å². The quantitative estimate of drug-likeness (QED) is 0.665. The number of phenols is 2. The molecule has 15 heavy (non-hydrogen) atoms. The van der Waals surface area contributed by atoms with Crippen LogP contribution in [0.2, 0.25) is 0 Å². The van der Waals surface area contributed by atoms with Crippen molar-refractivity contribution in [2.75, 3.05) is 0 Å². The summed E-state index contributed by atoms with van der Waals surface area (Å²) in [4.78, 5) is 0. The molecule has 0 aliphatic heterocycles. The fourth-order valence-electron chi connectivity index (χ4n) is 1.03. The van der Waals surface area contributed by atoms with Crippen molar-refractivity contribution in [1.29, 1.82) is 0 Å². The zero-order valence-electron chi connectivity index (χ0n) is 7.49. The first-order chi connectivity index (χ1) is 6.80. The molecule has 84 valence electrons. The second kappa shape index (κ2) is 3.98. The number of alkyl halides is 3. The number of hydrogen-bond donors (Lipinski definition) is 3. The number of benzene rings is 1. The Morgan fingerprint density at radius 3 is 2.20 bits per heavy atom. The molecule has 1 atom stereocenters. The summed E-state index contributed by atoms with van der Waals surface area (Å²) in [7, 11) is 0. The average Bonchev–Trinajstić information content (AvgIpc) is 2.10. The predicted octanol–water partition coefficient (Wildman–Crippen LogP) is 1.56. The third kappa shape index (κ3) is 3.02. The van der Waals surface area contributed by atoms with Crippen molar-refractivity contribution in [2.45, 2.75) is 18.7 Å². The van der Waals surface area contributed by atoms with Crippen LogP contribution in [0.4, 0.5) is 13.2 Å². The van der Waals surface area contributed by atoms with E-state index in [9.17, 15) is 13.2 Å². The van der Waals surface area contributed by atoms with Crippen molar-refractivity contribution < 1.29 is 28.5 Å². The summed E-state index contributed by atoms with van der Waals surface area (Å²) in [5.41, 5.74) is 0.0927. The number of halogens is 3. The van der Waals surface area contributed by atoms with Gasteiger partial charge in [-0.1, -0.05) is 6.07 Å². The Bertz CT molecular complexity index is 349. The molecule has 0 saturated heterocycles. The predicted molar refractivity (Wildman–Crippen MR) is 45.5 cm³/mol. The van der Waals surface area contributed by atoms with Gasteiger partial charge in [0.15, 0.2) is 17.6 Å². The fourth-order valence-corrected chi connectivity index (χ4v) is 1.03. The highest BCUT2D eigenvalue weighted by Gasteiger charge is 2.37. The maximum atomic E-state index is 12.0. The maximum Gasteiger partial charge on any atom is 0.414 e. The van der Waals surface area contributed by atoms with Gasteiger partial charge in [0.2, 0.25) is 0 Å². The Hall–Kier alpha value is -1.43. The van der Waals surface area contributed by atoms with Crippen LogP contribution in [0, 0.1) is 0 Å². The van der Waals surface area contributed by atoms with Crippen molar-refractivity contribution >= 4 is 0 Å². The summed E-state index contributed by atoms with van der Waals surface area (Å²) >= 11 is 0. The van der Waals surface area contributed by atoms with Crippen LogP contribution in [-0.2, 0) is 6.42 Å². The van der Waals surface area contributed by atoms with Crippen molar-refractivity contribution in [1.82, 2.24) is 0 Å². The molecule has 0 fully saturated rings. The topological polar surface area (TPSA) is 60.7 Å². The number of aromatic hydroxyl groups is 2. The normalized spacial score (nSPS) is 13.9. The van der Waals surface area contributed by atoms with Crippen LogP contribution in [0.5, 0.6) is 11.5 Å². The summed E-state index contributed by atoms with van der Waals surface area (Å²) in [6.45, 7) is 0. The van der Waals surface area contributed by atoms with Gasteiger partial charge in [-0.3, -0.25) is 0 Å².